The van der Waals surface area contributed by atoms with Crippen molar-refractivity contribution < 1.29 is 18.0 Å². The molecule has 1 saturated heterocycles. The summed E-state index contributed by atoms with van der Waals surface area (Å²) in [5.74, 6) is -1.70. The van der Waals surface area contributed by atoms with Gasteiger partial charge < -0.3 is 10.2 Å². The molecule has 0 aromatic carbocycles. The summed E-state index contributed by atoms with van der Waals surface area (Å²) < 4.78 is 37.2. The largest absolute Gasteiger partial charge is 0.453 e. The van der Waals surface area contributed by atoms with Gasteiger partial charge in [0, 0.05) is 31.2 Å². The van der Waals surface area contributed by atoms with E-state index in [1.807, 2.05) is 12.1 Å². The highest BCUT2D eigenvalue weighted by Crippen LogP contribution is 2.26. The van der Waals surface area contributed by atoms with E-state index in [1.165, 1.54) is 0 Å². The van der Waals surface area contributed by atoms with Gasteiger partial charge in [0.15, 0.2) is 0 Å². The van der Waals surface area contributed by atoms with Crippen LogP contribution >= 0.6 is 0 Å². The van der Waals surface area contributed by atoms with Gasteiger partial charge in [0.25, 0.3) is 5.82 Å². The molecule has 1 atom stereocenters. The number of carbonyl (C=O) groups excluding carboxylic acids is 1. The minimum atomic E-state index is -4.60. The van der Waals surface area contributed by atoms with Gasteiger partial charge in [-0.05, 0) is 18.6 Å². The Bertz CT molecular complexity index is 702. The number of H-pyrrole nitrogens is 1. The Balaban J connectivity index is 1.52. The Morgan fingerprint density at radius 1 is 1.38 bits per heavy atom. The lowest BCUT2D eigenvalue weighted by Gasteiger charge is -2.18. The van der Waals surface area contributed by atoms with Crippen LogP contribution in [0.2, 0.25) is 0 Å². The zero-order chi connectivity index (χ0) is 17.2. The molecule has 1 amide bonds. The lowest BCUT2D eigenvalue weighted by molar-refractivity contribution is -0.144. The Hall–Kier alpha value is -2.65. The molecule has 3 heterocycles. The molecule has 3 rings (SSSR count). The Morgan fingerprint density at radius 3 is 2.79 bits per heavy atom. The van der Waals surface area contributed by atoms with E-state index < -0.39 is 12.0 Å². The van der Waals surface area contributed by atoms with Crippen molar-refractivity contribution >= 4 is 11.6 Å². The summed E-state index contributed by atoms with van der Waals surface area (Å²) in [7, 11) is 0. The van der Waals surface area contributed by atoms with E-state index in [4.69, 9.17) is 0 Å². The maximum absolute atomic E-state index is 12.4. The highest BCUT2D eigenvalue weighted by molar-refractivity contribution is 5.80. The molecule has 2 aromatic rings. The minimum Gasteiger partial charge on any atom is -0.371 e. The molecule has 10 heteroatoms. The quantitative estimate of drug-likeness (QED) is 0.878. The Morgan fingerprint density at radius 2 is 2.12 bits per heavy atom. The predicted octanol–water partition coefficient (Wildman–Crippen LogP) is 1.36. The maximum Gasteiger partial charge on any atom is 0.453 e. The van der Waals surface area contributed by atoms with Crippen LogP contribution in [0.25, 0.3) is 0 Å². The molecular formula is C14H15F3N6O. The zero-order valence-corrected chi connectivity index (χ0v) is 12.5. The number of aromatic nitrogens is 4. The molecule has 0 bridgehead atoms. The summed E-state index contributed by atoms with van der Waals surface area (Å²) in [6.07, 6.45) is -0.552. The van der Waals surface area contributed by atoms with E-state index >= 15 is 0 Å². The van der Waals surface area contributed by atoms with Crippen molar-refractivity contribution in [3.05, 3.63) is 36.2 Å². The third-order valence-electron chi connectivity index (χ3n) is 3.80. The lowest BCUT2D eigenvalue weighted by Crippen LogP contribution is -2.32. The lowest BCUT2D eigenvalue weighted by atomic mass is 10.1. The number of anilines is 1. The van der Waals surface area contributed by atoms with Gasteiger partial charge in [-0.2, -0.15) is 13.2 Å². The molecule has 7 nitrogen and oxygen atoms in total. The van der Waals surface area contributed by atoms with Crippen molar-refractivity contribution in [2.75, 3.05) is 18.0 Å². The summed E-state index contributed by atoms with van der Waals surface area (Å²) in [6.45, 7) is 1.18. The minimum absolute atomic E-state index is 0.0281. The van der Waals surface area contributed by atoms with E-state index in [0.29, 0.717) is 13.0 Å². The smallest absolute Gasteiger partial charge is 0.371 e. The van der Waals surface area contributed by atoms with Gasteiger partial charge in [-0.3, -0.25) is 14.9 Å². The van der Waals surface area contributed by atoms with Crippen molar-refractivity contribution in [1.29, 1.82) is 0 Å². The van der Waals surface area contributed by atoms with E-state index in [2.05, 4.69) is 30.4 Å². The number of nitrogens with zero attached hydrogens (tertiary/aromatic N) is 4. The fourth-order valence-corrected chi connectivity index (χ4v) is 2.58. The Kier molecular flexibility index (Phi) is 4.36. The van der Waals surface area contributed by atoms with Gasteiger partial charge in [-0.1, -0.05) is 0 Å². The molecule has 1 unspecified atom stereocenters. The standard InChI is InChI=1S/C14H15F3N6O/c15-14(16,17)13-20-11(21-22-13)7-19-12(24)9-3-6-23(8-9)10-1-4-18-5-2-10/h1-2,4-5,9H,3,6-8H2,(H,19,24)(H,20,21,22). The van der Waals surface area contributed by atoms with Gasteiger partial charge in [0.1, 0.15) is 5.82 Å². The fraction of sp³-hybridized carbons (Fsp3) is 0.429. The SMILES string of the molecule is O=C(NCc1nc(C(F)(F)F)n[nH]1)C1CCN(c2ccncc2)C1. The topological polar surface area (TPSA) is 86.8 Å². The fourth-order valence-electron chi connectivity index (χ4n) is 2.58. The summed E-state index contributed by atoms with van der Waals surface area (Å²) >= 11 is 0. The van der Waals surface area contributed by atoms with E-state index in [1.54, 1.807) is 12.4 Å². The van der Waals surface area contributed by atoms with Crippen LogP contribution in [-0.2, 0) is 17.5 Å². The van der Waals surface area contributed by atoms with Crippen molar-refractivity contribution in [1.82, 2.24) is 25.5 Å². The number of hydrogen-bond donors (Lipinski definition) is 2. The van der Waals surface area contributed by atoms with Crippen LogP contribution in [-0.4, -0.2) is 39.2 Å². The van der Waals surface area contributed by atoms with Crippen LogP contribution < -0.4 is 10.2 Å². The molecule has 0 saturated carbocycles. The summed E-state index contributed by atoms with van der Waals surface area (Å²) in [6, 6.07) is 3.74. The first-order chi connectivity index (χ1) is 11.4. The second kappa shape index (κ2) is 6.46. The van der Waals surface area contributed by atoms with Crippen LogP contribution in [0.1, 0.15) is 18.1 Å². The average molecular weight is 340 g/mol. The molecule has 1 fully saturated rings. The van der Waals surface area contributed by atoms with Gasteiger partial charge >= 0.3 is 6.18 Å². The molecule has 1 aliphatic heterocycles. The average Bonchev–Trinajstić information content (AvgIpc) is 3.22. The number of halogens is 3. The molecule has 2 N–H and O–H groups in total. The first-order valence-electron chi connectivity index (χ1n) is 7.34. The third-order valence-corrected chi connectivity index (χ3v) is 3.80. The van der Waals surface area contributed by atoms with Crippen LogP contribution in [0.15, 0.2) is 24.5 Å². The van der Waals surface area contributed by atoms with Crippen molar-refractivity contribution in [3.63, 3.8) is 0 Å². The van der Waals surface area contributed by atoms with Crippen LogP contribution in [0.3, 0.4) is 0 Å². The van der Waals surface area contributed by atoms with Gasteiger partial charge in [0.2, 0.25) is 5.91 Å². The van der Waals surface area contributed by atoms with Crippen LogP contribution in [0, 0.1) is 5.92 Å². The molecule has 0 aliphatic carbocycles. The molecular weight excluding hydrogens is 325 g/mol. The summed E-state index contributed by atoms with van der Waals surface area (Å²) in [5, 5.41) is 7.87. The monoisotopic (exact) mass is 340 g/mol. The maximum atomic E-state index is 12.4. The number of carbonyl (C=O) groups is 1. The third kappa shape index (κ3) is 3.63. The highest BCUT2D eigenvalue weighted by Gasteiger charge is 2.36. The predicted molar refractivity (Wildman–Crippen MR) is 77.8 cm³/mol. The van der Waals surface area contributed by atoms with Crippen LogP contribution in [0.4, 0.5) is 18.9 Å². The number of amides is 1. The second-order valence-electron chi connectivity index (χ2n) is 5.46. The Labute approximate surface area is 135 Å². The van der Waals surface area contributed by atoms with Crippen molar-refractivity contribution in [2.24, 2.45) is 5.92 Å². The number of alkyl halides is 3. The molecule has 0 radical (unpaired) electrons. The summed E-state index contributed by atoms with van der Waals surface area (Å²) in [5.41, 5.74) is 0.991. The van der Waals surface area contributed by atoms with E-state index in [-0.39, 0.29) is 24.2 Å². The molecule has 0 spiro atoms. The number of hydrogen-bond acceptors (Lipinski definition) is 5. The summed E-state index contributed by atoms with van der Waals surface area (Å²) in [4.78, 5) is 21.5. The van der Waals surface area contributed by atoms with Gasteiger partial charge in [0.05, 0.1) is 12.5 Å². The van der Waals surface area contributed by atoms with Gasteiger partial charge in [-0.15, -0.1) is 5.10 Å². The normalized spacial score (nSPS) is 18.0. The van der Waals surface area contributed by atoms with E-state index in [0.717, 1.165) is 12.2 Å². The molecule has 1 aliphatic rings. The first-order valence-corrected chi connectivity index (χ1v) is 7.34. The molecule has 24 heavy (non-hydrogen) atoms. The van der Waals surface area contributed by atoms with Gasteiger partial charge in [-0.25, -0.2) is 4.98 Å². The molecule has 2 aromatic heterocycles. The molecule has 128 valence electrons. The van der Waals surface area contributed by atoms with Crippen LogP contribution in [0.5, 0.6) is 0 Å². The number of aromatic amines is 1. The van der Waals surface area contributed by atoms with E-state index in [9.17, 15) is 18.0 Å². The number of nitrogens with one attached hydrogen (secondary N) is 2. The number of rotatable bonds is 4. The zero-order valence-electron chi connectivity index (χ0n) is 12.5. The first kappa shape index (κ1) is 16.2. The highest BCUT2D eigenvalue weighted by atomic mass is 19.4. The van der Waals surface area contributed by atoms with Crippen molar-refractivity contribution in [3.8, 4) is 0 Å². The second-order valence-corrected chi connectivity index (χ2v) is 5.46. The van der Waals surface area contributed by atoms with Crippen molar-refractivity contribution in [2.45, 2.75) is 19.1 Å². The number of pyridine rings is 1.